The molecule has 0 aliphatic heterocycles. The Morgan fingerprint density at radius 3 is 2.31 bits per heavy atom. The minimum Gasteiger partial charge on any atom is -0.358 e. The van der Waals surface area contributed by atoms with Crippen LogP contribution in [-0.2, 0) is 12.0 Å². The highest BCUT2D eigenvalue weighted by molar-refractivity contribution is 7.80. The van der Waals surface area contributed by atoms with Gasteiger partial charge in [-0.3, -0.25) is 9.78 Å². The third kappa shape index (κ3) is 5.72. The summed E-state index contributed by atoms with van der Waals surface area (Å²) in [5.74, 6) is -0.00947. The number of aromatic nitrogens is 1. The zero-order valence-corrected chi connectivity index (χ0v) is 17.7. The summed E-state index contributed by atoms with van der Waals surface area (Å²) >= 11 is 5.36. The molecule has 0 saturated heterocycles. The topological polar surface area (TPSA) is 54.0 Å². The summed E-state index contributed by atoms with van der Waals surface area (Å²) in [7, 11) is 0. The molecule has 4 nitrogen and oxygen atoms in total. The van der Waals surface area contributed by atoms with Crippen LogP contribution < -0.4 is 10.6 Å². The lowest BCUT2D eigenvalue weighted by molar-refractivity contribution is 0.103. The molecule has 29 heavy (non-hydrogen) atoms. The zero-order valence-electron chi connectivity index (χ0n) is 16.9. The molecular weight excluding hydrogens is 378 g/mol. The first-order valence-electron chi connectivity index (χ1n) is 9.52. The van der Waals surface area contributed by atoms with Gasteiger partial charge < -0.3 is 10.6 Å². The largest absolute Gasteiger partial charge is 0.358 e. The summed E-state index contributed by atoms with van der Waals surface area (Å²) in [4.78, 5) is 16.9. The minimum atomic E-state index is -0.00947. The van der Waals surface area contributed by atoms with Gasteiger partial charge in [0.2, 0.25) is 0 Å². The predicted molar refractivity (Wildman–Crippen MR) is 122 cm³/mol. The molecule has 0 bridgehead atoms. The van der Waals surface area contributed by atoms with Gasteiger partial charge in [0, 0.05) is 35.8 Å². The Balaban J connectivity index is 1.65. The van der Waals surface area contributed by atoms with E-state index < -0.39 is 0 Å². The molecule has 1 aromatic heterocycles. The SMILES string of the molecule is CC(C)(C)c1ccc(C(=O)c2cccc(NC(=S)NCc3ccncc3)c2)cc1. The van der Waals surface area contributed by atoms with Gasteiger partial charge in [0.1, 0.15) is 0 Å². The number of anilines is 1. The molecule has 3 rings (SSSR count). The molecule has 1 heterocycles. The summed E-state index contributed by atoms with van der Waals surface area (Å²) in [5, 5.41) is 6.80. The third-order valence-corrected chi connectivity index (χ3v) is 4.84. The van der Waals surface area contributed by atoms with Gasteiger partial charge in [0.05, 0.1) is 0 Å². The molecule has 0 fully saturated rings. The number of nitrogens with one attached hydrogen (secondary N) is 2. The maximum atomic E-state index is 12.9. The monoisotopic (exact) mass is 403 g/mol. The molecule has 2 N–H and O–H groups in total. The number of hydrogen-bond acceptors (Lipinski definition) is 3. The molecule has 0 saturated carbocycles. The molecule has 2 aromatic carbocycles. The van der Waals surface area contributed by atoms with Crippen LogP contribution in [0.3, 0.4) is 0 Å². The number of pyridine rings is 1. The fraction of sp³-hybridized carbons (Fsp3) is 0.208. The van der Waals surface area contributed by atoms with Crippen molar-refractivity contribution in [2.24, 2.45) is 0 Å². The normalized spacial score (nSPS) is 11.0. The molecule has 0 radical (unpaired) electrons. The molecule has 0 atom stereocenters. The van der Waals surface area contributed by atoms with E-state index in [9.17, 15) is 4.79 Å². The van der Waals surface area contributed by atoms with Gasteiger partial charge in [-0.1, -0.05) is 57.2 Å². The lowest BCUT2D eigenvalue weighted by Crippen LogP contribution is -2.27. The van der Waals surface area contributed by atoms with E-state index in [0.717, 1.165) is 11.3 Å². The Kier molecular flexibility index (Phi) is 6.39. The van der Waals surface area contributed by atoms with Crippen molar-refractivity contribution in [3.05, 3.63) is 95.3 Å². The first-order chi connectivity index (χ1) is 13.8. The number of hydrogen-bond donors (Lipinski definition) is 2. The van der Waals surface area contributed by atoms with Gasteiger partial charge in [-0.05, 0) is 53.0 Å². The van der Waals surface area contributed by atoms with Crippen molar-refractivity contribution in [3.8, 4) is 0 Å². The van der Waals surface area contributed by atoms with E-state index in [2.05, 4.69) is 36.4 Å². The fourth-order valence-corrected chi connectivity index (χ4v) is 3.07. The van der Waals surface area contributed by atoms with Crippen LogP contribution in [0.2, 0.25) is 0 Å². The highest BCUT2D eigenvalue weighted by Gasteiger charge is 2.15. The van der Waals surface area contributed by atoms with Gasteiger partial charge >= 0.3 is 0 Å². The van der Waals surface area contributed by atoms with Gasteiger partial charge in [0.15, 0.2) is 10.9 Å². The standard InChI is InChI=1S/C24H25N3OS/c1-24(2,3)20-9-7-18(8-10-20)22(28)19-5-4-6-21(15-19)27-23(29)26-16-17-11-13-25-14-12-17/h4-15H,16H2,1-3H3,(H2,26,27,29). The summed E-state index contributed by atoms with van der Waals surface area (Å²) in [5.41, 5.74) is 4.42. The van der Waals surface area contributed by atoms with Gasteiger partial charge in [0.25, 0.3) is 0 Å². The van der Waals surface area contributed by atoms with Crippen molar-refractivity contribution in [2.45, 2.75) is 32.7 Å². The van der Waals surface area contributed by atoms with Crippen molar-refractivity contribution in [3.63, 3.8) is 0 Å². The van der Waals surface area contributed by atoms with Crippen LogP contribution in [0.1, 0.15) is 47.8 Å². The van der Waals surface area contributed by atoms with Crippen LogP contribution in [0.15, 0.2) is 73.1 Å². The Morgan fingerprint density at radius 2 is 1.66 bits per heavy atom. The van der Waals surface area contributed by atoms with Gasteiger partial charge in [-0.15, -0.1) is 0 Å². The maximum absolute atomic E-state index is 12.9. The smallest absolute Gasteiger partial charge is 0.193 e. The number of nitrogens with zero attached hydrogens (tertiary/aromatic N) is 1. The van der Waals surface area contributed by atoms with Crippen LogP contribution in [0.5, 0.6) is 0 Å². The van der Waals surface area contributed by atoms with Crippen molar-refractivity contribution in [1.29, 1.82) is 0 Å². The van der Waals surface area contributed by atoms with Gasteiger partial charge in [-0.25, -0.2) is 0 Å². The van der Waals surface area contributed by atoms with Crippen molar-refractivity contribution in [1.82, 2.24) is 10.3 Å². The Labute approximate surface area is 177 Å². The Morgan fingerprint density at radius 1 is 0.966 bits per heavy atom. The molecule has 0 spiro atoms. The van der Waals surface area contributed by atoms with E-state index in [1.165, 1.54) is 5.56 Å². The predicted octanol–water partition coefficient (Wildman–Crippen LogP) is 5.10. The highest BCUT2D eigenvalue weighted by atomic mass is 32.1. The molecule has 0 aliphatic rings. The molecule has 148 valence electrons. The highest BCUT2D eigenvalue weighted by Crippen LogP contribution is 2.23. The molecule has 0 unspecified atom stereocenters. The van der Waals surface area contributed by atoms with E-state index in [0.29, 0.717) is 22.8 Å². The number of thiocarbonyl (C=S) groups is 1. The lowest BCUT2D eigenvalue weighted by atomic mass is 9.86. The van der Waals surface area contributed by atoms with Crippen molar-refractivity contribution in [2.75, 3.05) is 5.32 Å². The fourth-order valence-electron chi connectivity index (χ4n) is 2.88. The van der Waals surface area contributed by atoms with Gasteiger partial charge in [-0.2, -0.15) is 0 Å². The van der Waals surface area contributed by atoms with E-state index in [1.54, 1.807) is 12.4 Å². The molecule has 3 aromatic rings. The number of ketones is 1. The Bertz CT molecular complexity index is 993. The first-order valence-corrected chi connectivity index (χ1v) is 9.93. The van der Waals surface area contributed by atoms with Crippen LogP contribution in [-0.4, -0.2) is 15.9 Å². The number of benzene rings is 2. The van der Waals surface area contributed by atoms with E-state index in [4.69, 9.17) is 12.2 Å². The summed E-state index contributed by atoms with van der Waals surface area (Å²) in [6.07, 6.45) is 3.49. The molecule has 5 heteroatoms. The average Bonchev–Trinajstić information content (AvgIpc) is 2.72. The van der Waals surface area contributed by atoms with E-state index in [-0.39, 0.29) is 11.2 Å². The van der Waals surface area contributed by atoms with Crippen LogP contribution >= 0.6 is 12.2 Å². The first kappa shape index (κ1) is 20.7. The Hall–Kier alpha value is -3.05. The average molecular weight is 404 g/mol. The number of carbonyl (C=O) groups excluding carboxylic acids is 1. The number of rotatable bonds is 5. The van der Waals surface area contributed by atoms with E-state index >= 15 is 0 Å². The van der Waals surface area contributed by atoms with Crippen LogP contribution in [0.4, 0.5) is 5.69 Å². The maximum Gasteiger partial charge on any atom is 0.193 e. The quantitative estimate of drug-likeness (QED) is 0.459. The summed E-state index contributed by atoms with van der Waals surface area (Å²) in [6.45, 7) is 7.08. The lowest BCUT2D eigenvalue weighted by Gasteiger charge is -2.19. The third-order valence-electron chi connectivity index (χ3n) is 4.60. The zero-order chi connectivity index (χ0) is 20.9. The minimum absolute atomic E-state index is 0.00947. The molecule has 0 amide bonds. The van der Waals surface area contributed by atoms with Crippen LogP contribution in [0.25, 0.3) is 0 Å². The van der Waals surface area contributed by atoms with Crippen molar-refractivity contribution < 1.29 is 4.79 Å². The summed E-state index contributed by atoms with van der Waals surface area (Å²) in [6, 6.07) is 19.1. The molecule has 0 aliphatic carbocycles. The number of carbonyl (C=O) groups is 1. The summed E-state index contributed by atoms with van der Waals surface area (Å²) < 4.78 is 0. The second-order valence-corrected chi connectivity index (χ2v) is 8.31. The van der Waals surface area contributed by atoms with Crippen LogP contribution in [0, 0.1) is 0 Å². The van der Waals surface area contributed by atoms with E-state index in [1.807, 2.05) is 60.7 Å². The van der Waals surface area contributed by atoms with Crippen molar-refractivity contribution >= 4 is 28.8 Å². The second-order valence-electron chi connectivity index (χ2n) is 7.90. The second kappa shape index (κ2) is 8.97. The molecular formula is C24H25N3OS.